The topological polar surface area (TPSA) is 29.3 Å². The summed E-state index contributed by atoms with van der Waals surface area (Å²) in [4.78, 5) is 2.40. The third kappa shape index (κ3) is 3.30. The maximum atomic E-state index is 6.67. The number of nitrogens with zero attached hydrogens (tertiary/aromatic N) is 1. The molecule has 1 aromatic rings. The van der Waals surface area contributed by atoms with Gasteiger partial charge in [0.05, 0.1) is 5.54 Å². The van der Waals surface area contributed by atoms with Crippen LogP contribution in [0.2, 0.25) is 0 Å². The molecule has 0 amide bonds. The number of hydrogen-bond donors (Lipinski definition) is 1. The van der Waals surface area contributed by atoms with E-state index < -0.39 is 0 Å². The molecule has 96 valence electrons. The minimum atomic E-state index is -0.257. The molecule has 0 spiro atoms. The normalized spacial score (nSPS) is 15.2. The number of nitrogens with two attached hydrogens (primary N) is 1. The number of rotatable bonds is 6. The Bertz CT molecular complexity index is 317. The first-order chi connectivity index (χ1) is 8.04. The van der Waals surface area contributed by atoms with Gasteiger partial charge in [-0.05, 0) is 24.6 Å². The quantitative estimate of drug-likeness (QED) is 0.820. The Labute approximate surface area is 106 Å². The number of hydrogen-bond acceptors (Lipinski definition) is 2. The van der Waals surface area contributed by atoms with Gasteiger partial charge in [0.1, 0.15) is 0 Å². The average molecular weight is 234 g/mol. The van der Waals surface area contributed by atoms with Crippen LogP contribution in [0, 0.1) is 5.92 Å². The molecule has 1 unspecified atom stereocenters. The molecule has 0 bridgehead atoms. The highest BCUT2D eigenvalue weighted by Gasteiger charge is 2.32. The van der Waals surface area contributed by atoms with Crippen LogP contribution in [0.15, 0.2) is 30.3 Å². The smallest absolute Gasteiger partial charge is 0.0561 e. The van der Waals surface area contributed by atoms with E-state index in [-0.39, 0.29) is 5.54 Å². The van der Waals surface area contributed by atoms with Gasteiger partial charge in [-0.25, -0.2) is 0 Å². The second-order valence-electron chi connectivity index (χ2n) is 5.02. The Balaban J connectivity index is 2.98. The molecule has 0 aliphatic heterocycles. The third-order valence-electron chi connectivity index (χ3n) is 3.72. The molecule has 1 aromatic carbocycles. The Morgan fingerprint density at radius 3 is 2.06 bits per heavy atom. The molecular formula is C15H26N2. The predicted octanol–water partition coefficient (Wildman–Crippen LogP) is 2.84. The Kier molecular flexibility index (Phi) is 5.16. The minimum absolute atomic E-state index is 0.257. The Morgan fingerprint density at radius 1 is 1.12 bits per heavy atom. The van der Waals surface area contributed by atoms with E-state index in [1.165, 1.54) is 5.56 Å². The SMILES string of the molecule is CCN(CC)CC(N)(c1ccccc1)C(C)C. The lowest BCUT2D eigenvalue weighted by molar-refractivity contribution is 0.184. The third-order valence-corrected chi connectivity index (χ3v) is 3.72. The van der Waals surface area contributed by atoms with Gasteiger partial charge in [0.25, 0.3) is 0 Å². The van der Waals surface area contributed by atoms with Gasteiger partial charge in [-0.1, -0.05) is 58.0 Å². The molecule has 1 atom stereocenters. The zero-order valence-corrected chi connectivity index (χ0v) is 11.6. The van der Waals surface area contributed by atoms with Crippen molar-refractivity contribution in [3.05, 3.63) is 35.9 Å². The van der Waals surface area contributed by atoms with E-state index in [9.17, 15) is 0 Å². The molecule has 0 heterocycles. The van der Waals surface area contributed by atoms with E-state index in [2.05, 4.69) is 56.9 Å². The molecule has 17 heavy (non-hydrogen) atoms. The summed E-state index contributed by atoms with van der Waals surface area (Å²) in [7, 11) is 0. The van der Waals surface area contributed by atoms with Crippen LogP contribution in [0.1, 0.15) is 33.3 Å². The fraction of sp³-hybridized carbons (Fsp3) is 0.600. The van der Waals surface area contributed by atoms with Gasteiger partial charge < -0.3 is 10.6 Å². The zero-order chi connectivity index (χ0) is 12.9. The fourth-order valence-corrected chi connectivity index (χ4v) is 2.17. The van der Waals surface area contributed by atoms with Crippen molar-refractivity contribution in [2.75, 3.05) is 19.6 Å². The number of likely N-dealkylation sites (N-methyl/N-ethyl adjacent to an activating group) is 1. The summed E-state index contributed by atoms with van der Waals surface area (Å²) in [6.45, 7) is 11.8. The summed E-state index contributed by atoms with van der Waals surface area (Å²) in [6, 6.07) is 10.5. The van der Waals surface area contributed by atoms with Crippen molar-refractivity contribution in [1.29, 1.82) is 0 Å². The summed E-state index contributed by atoms with van der Waals surface area (Å²) in [5.74, 6) is 0.422. The fourth-order valence-electron chi connectivity index (χ4n) is 2.17. The van der Waals surface area contributed by atoms with Crippen LogP contribution in [-0.4, -0.2) is 24.5 Å². The van der Waals surface area contributed by atoms with Gasteiger partial charge in [-0.3, -0.25) is 0 Å². The van der Waals surface area contributed by atoms with E-state index in [4.69, 9.17) is 5.73 Å². The summed E-state index contributed by atoms with van der Waals surface area (Å²) in [6.07, 6.45) is 0. The summed E-state index contributed by atoms with van der Waals surface area (Å²) < 4.78 is 0. The van der Waals surface area contributed by atoms with Crippen LogP contribution in [0.3, 0.4) is 0 Å². The van der Waals surface area contributed by atoms with E-state index in [1.807, 2.05) is 6.07 Å². The molecule has 1 rings (SSSR count). The first kappa shape index (κ1) is 14.2. The highest BCUT2D eigenvalue weighted by Crippen LogP contribution is 2.27. The molecular weight excluding hydrogens is 208 g/mol. The maximum absolute atomic E-state index is 6.67. The van der Waals surface area contributed by atoms with Crippen LogP contribution in [-0.2, 0) is 5.54 Å². The van der Waals surface area contributed by atoms with Gasteiger partial charge in [0, 0.05) is 6.54 Å². The highest BCUT2D eigenvalue weighted by atomic mass is 15.1. The van der Waals surface area contributed by atoms with E-state index in [0.717, 1.165) is 19.6 Å². The molecule has 0 aliphatic carbocycles. The first-order valence-electron chi connectivity index (χ1n) is 6.61. The van der Waals surface area contributed by atoms with Crippen LogP contribution < -0.4 is 5.73 Å². The molecule has 0 saturated carbocycles. The lowest BCUT2D eigenvalue weighted by atomic mass is 9.80. The molecule has 0 radical (unpaired) electrons. The molecule has 2 N–H and O–H groups in total. The zero-order valence-electron chi connectivity index (χ0n) is 11.6. The van der Waals surface area contributed by atoms with Crippen molar-refractivity contribution in [2.24, 2.45) is 11.7 Å². The largest absolute Gasteiger partial charge is 0.320 e. The van der Waals surface area contributed by atoms with Crippen LogP contribution in [0.5, 0.6) is 0 Å². The van der Waals surface area contributed by atoms with Crippen molar-refractivity contribution in [3.8, 4) is 0 Å². The summed E-state index contributed by atoms with van der Waals surface area (Å²) in [5, 5.41) is 0. The van der Waals surface area contributed by atoms with E-state index in [0.29, 0.717) is 5.92 Å². The molecule has 0 fully saturated rings. The molecule has 0 aliphatic rings. The van der Waals surface area contributed by atoms with E-state index >= 15 is 0 Å². The van der Waals surface area contributed by atoms with Gasteiger partial charge >= 0.3 is 0 Å². The van der Waals surface area contributed by atoms with Crippen molar-refractivity contribution >= 4 is 0 Å². The minimum Gasteiger partial charge on any atom is -0.320 e. The standard InChI is InChI=1S/C15H26N2/c1-5-17(6-2)12-15(16,13(3)4)14-10-8-7-9-11-14/h7-11,13H,5-6,12,16H2,1-4H3. The van der Waals surface area contributed by atoms with Crippen molar-refractivity contribution < 1.29 is 0 Å². The van der Waals surface area contributed by atoms with Gasteiger partial charge in [-0.2, -0.15) is 0 Å². The molecule has 0 saturated heterocycles. The van der Waals surface area contributed by atoms with E-state index in [1.54, 1.807) is 0 Å². The van der Waals surface area contributed by atoms with Gasteiger partial charge in [-0.15, -0.1) is 0 Å². The monoisotopic (exact) mass is 234 g/mol. The second-order valence-corrected chi connectivity index (χ2v) is 5.02. The van der Waals surface area contributed by atoms with Crippen LogP contribution in [0.25, 0.3) is 0 Å². The van der Waals surface area contributed by atoms with Crippen LogP contribution >= 0.6 is 0 Å². The predicted molar refractivity (Wildman–Crippen MR) is 74.9 cm³/mol. The maximum Gasteiger partial charge on any atom is 0.0561 e. The van der Waals surface area contributed by atoms with Gasteiger partial charge in [0.15, 0.2) is 0 Å². The average Bonchev–Trinajstić information content (AvgIpc) is 2.36. The Hall–Kier alpha value is -0.860. The van der Waals surface area contributed by atoms with Crippen molar-refractivity contribution in [2.45, 2.75) is 33.2 Å². The highest BCUT2D eigenvalue weighted by molar-refractivity contribution is 5.25. The van der Waals surface area contributed by atoms with Crippen molar-refractivity contribution in [3.63, 3.8) is 0 Å². The van der Waals surface area contributed by atoms with Gasteiger partial charge in [0.2, 0.25) is 0 Å². The summed E-state index contributed by atoms with van der Waals surface area (Å²) in [5.41, 5.74) is 7.65. The number of benzene rings is 1. The first-order valence-corrected chi connectivity index (χ1v) is 6.61. The Morgan fingerprint density at radius 2 is 1.65 bits per heavy atom. The second kappa shape index (κ2) is 6.18. The molecule has 2 nitrogen and oxygen atoms in total. The molecule has 2 heteroatoms. The lowest BCUT2D eigenvalue weighted by Gasteiger charge is -2.38. The summed E-state index contributed by atoms with van der Waals surface area (Å²) >= 11 is 0. The van der Waals surface area contributed by atoms with Crippen molar-refractivity contribution in [1.82, 2.24) is 4.90 Å². The van der Waals surface area contributed by atoms with Crippen LogP contribution in [0.4, 0.5) is 0 Å². The molecule has 0 aromatic heterocycles. The lowest BCUT2D eigenvalue weighted by Crippen LogP contribution is -2.51.